The molecule has 5 nitrogen and oxygen atoms in total. The van der Waals surface area contributed by atoms with Crippen LogP contribution in [0.4, 0.5) is 0 Å². The van der Waals surface area contributed by atoms with Gasteiger partial charge in [-0.05, 0) is 13.3 Å². The first-order valence-corrected chi connectivity index (χ1v) is 7.07. The van der Waals surface area contributed by atoms with Gasteiger partial charge >= 0.3 is 0 Å². The molecule has 0 aliphatic carbocycles. The predicted molar refractivity (Wildman–Crippen MR) is 73.6 cm³/mol. The maximum absolute atomic E-state index is 11.6. The van der Waals surface area contributed by atoms with Gasteiger partial charge < -0.3 is 9.88 Å². The van der Waals surface area contributed by atoms with E-state index < -0.39 is 0 Å². The standard InChI is InChI=1S/C12H20N4OS/c1-4-6-7-13-11(17)9-18-12-15-14-10(3)16(12)8-5-2/h5H,2,4,6-9H2,1,3H3,(H,13,17). The number of aryl methyl sites for hydroxylation is 1. The molecule has 0 bridgehead atoms. The molecule has 100 valence electrons. The maximum atomic E-state index is 11.6. The van der Waals surface area contributed by atoms with Crippen molar-refractivity contribution in [2.24, 2.45) is 0 Å². The summed E-state index contributed by atoms with van der Waals surface area (Å²) >= 11 is 1.40. The number of allylic oxidation sites excluding steroid dienone is 1. The number of amides is 1. The number of aromatic nitrogens is 3. The summed E-state index contributed by atoms with van der Waals surface area (Å²) < 4.78 is 1.94. The quantitative estimate of drug-likeness (QED) is 0.443. The lowest BCUT2D eigenvalue weighted by Gasteiger charge is -2.05. The van der Waals surface area contributed by atoms with Gasteiger partial charge in [0.2, 0.25) is 5.91 Å². The number of thioether (sulfide) groups is 1. The van der Waals surface area contributed by atoms with E-state index in [1.807, 2.05) is 11.5 Å². The van der Waals surface area contributed by atoms with E-state index in [0.29, 0.717) is 12.3 Å². The molecule has 0 unspecified atom stereocenters. The van der Waals surface area contributed by atoms with Crippen molar-refractivity contribution >= 4 is 17.7 Å². The molecule has 0 spiro atoms. The second kappa shape index (κ2) is 7.92. The molecule has 0 saturated heterocycles. The Balaban J connectivity index is 2.43. The van der Waals surface area contributed by atoms with Crippen molar-refractivity contribution in [1.82, 2.24) is 20.1 Å². The molecule has 1 aromatic rings. The SMILES string of the molecule is C=CCn1c(C)nnc1SCC(=O)NCCCC. The highest BCUT2D eigenvalue weighted by atomic mass is 32.2. The fraction of sp³-hybridized carbons (Fsp3) is 0.583. The van der Waals surface area contributed by atoms with Crippen LogP contribution in [0.3, 0.4) is 0 Å². The lowest BCUT2D eigenvalue weighted by atomic mass is 10.3. The predicted octanol–water partition coefficient (Wildman–Crippen LogP) is 1.78. The first-order valence-electron chi connectivity index (χ1n) is 6.09. The molecule has 1 heterocycles. The van der Waals surface area contributed by atoms with Gasteiger partial charge in [0.05, 0.1) is 5.75 Å². The molecule has 0 atom stereocenters. The van der Waals surface area contributed by atoms with E-state index in [1.165, 1.54) is 11.8 Å². The Labute approximate surface area is 112 Å². The average Bonchev–Trinajstić information content (AvgIpc) is 2.69. The molecule has 1 aromatic heterocycles. The third-order valence-electron chi connectivity index (χ3n) is 2.40. The molecule has 0 aliphatic rings. The average molecular weight is 268 g/mol. The molecule has 1 rings (SSSR count). The van der Waals surface area contributed by atoms with Crippen LogP contribution >= 0.6 is 11.8 Å². The number of carbonyl (C=O) groups is 1. The molecule has 0 radical (unpaired) electrons. The van der Waals surface area contributed by atoms with Crippen LogP contribution in [0.15, 0.2) is 17.8 Å². The minimum Gasteiger partial charge on any atom is -0.355 e. The van der Waals surface area contributed by atoms with E-state index in [4.69, 9.17) is 0 Å². The normalized spacial score (nSPS) is 10.3. The monoisotopic (exact) mass is 268 g/mol. The van der Waals surface area contributed by atoms with Gasteiger partial charge in [-0.2, -0.15) is 0 Å². The Kier molecular flexibility index (Phi) is 6.49. The molecule has 0 aromatic carbocycles. The molecular formula is C12H20N4OS. The number of nitrogens with zero attached hydrogens (tertiary/aromatic N) is 3. The van der Waals surface area contributed by atoms with Crippen molar-refractivity contribution in [3.8, 4) is 0 Å². The molecule has 1 N–H and O–H groups in total. The van der Waals surface area contributed by atoms with Crippen LogP contribution in [0, 0.1) is 6.92 Å². The summed E-state index contributed by atoms with van der Waals surface area (Å²) in [5.74, 6) is 1.25. The van der Waals surface area contributed by atoms with Crippen LogP contribution in [-0.2, 0) is 11.3 Å². The Morgan fingerprint density at radius 1 is 1.56 bits per heavy atom. The van der Waals surface area contributed by atoms with Crippen LogP contribution in [0.2, 0.25) is 0 Å². The van der Waals surface area contributed by atoms with Crippen molar-refractivity contribution < 1.29 is 4.79 Å². The van der Waals surface area contributed by atoms with Gasteiger partial charge in [0.15, 0.2) is 5.16 Å². The zero-order valence-corrected chi connectivity index (χ0v) is 11.8. The van der Waals surface area contributed by atoms with Crippen LogP contribution in [0.5, 0.6) is 0 Å². The Bertz CT molecular complexity index is 403. The second-order valence-corrected chi connectivity index (χ2v) is 4.86. The van der Waals surface area contributed by atoms with Crippen LogP contribution < -0.4 is 5.32 Å². The smallest absolute Gasteiger partial charge is 0.230 e. The van der Waals surface area contributed by atoms with Crippen molar-refractivity contribution in [3.63, 3.8) is 0 Å². The van der Waals surface area contributed by atoms with Gasteiger partial charge in [-0.1, -0.05) is 31.2 Å². The van der Waals surface area contributed by atoms with Crippen molar-refractivity contribution in [3.05, 3.63) is 18.5 Å². The van der Waals surface area contributed by atoms with Gasteiger partial charge in [0, 0.05) is 13.1 Å². The van der Waals surface area contributed by atoms with Crippen molar-refractivity contribution in [2.75, 3.05) is 12.3 Å². The van der Waals surface area contributed by atoms with Gasteiger partial charge in [-0.15, -0.1) is 16.8 Å². The summed E-state index contributed by atoms with van der Waals surface area (Å²) in [6.07, 6.45) is 3.89. The van der Waals surface area contributed by atoms with E-state index >= 15 is 0 Å². The Morgan fingerprint density at radius 2 is 2.33 bits per heavy atom. The van der Waals surface area contributed by atoms with Crippen molar-refractivity contribution in [2.45, 2.75) is 38.4 Å². The van der Waals surface area contributed by atoms with Crippen LogP contribution in [0.25, 0.3) is 0 Å². The number of hydrogen-bond donors (Lipinski definition) is 1. The highest BCUT2D eigenvalue weighted by Gasteiger charge is 2.10. The Morgan fingerprint density at radius 3 is 3.00 bits per heavy atom. The lowest BCUT2D eigenvalue weighted by Crippen LogP contribution is -2.26. The zero-order chi connectivity index (χ0) is 13.4. The third kappa shape index (κ3) is 4.52. The first-order chi connectivity index (χ1) is 8.69. The highest BCUT2D eigenvalue weighted by molar-refractivity contribution is 7.99. The molecule has 0 aliphatic heterocycles. The van der Waals surface area contributed by atoms with E-state index in [-0.39, 0.29) is 5.91 Å². The van der Waals surface area contributed by atoms with E-state index in [2.05, 4.69) is 29.0 Å². The fourth-order valence-electron chi connectivity index (χ4n) is 1.39. The number of carbonyl (C=O) groups excluding carboxylic acids is 1. The summed E-state index contributed by atoms with van der Waals surface area (Å²) in [5.41, 5.74) is 0. The van der Waals surface area contributed by atoms with Gasteiger partial charge in [-0.3, -0.25) is 4.79 Å². The summed E-state index contributed by atoms with van der Waals surface area (Å²) in [6, 6.07) is 0. The van der Waals surface area contributed by atoms with Crippen molar-refractivity contribution in [1.29, 1.82) is 0 Å². The molecular weight excluding hydrogens is 248 g/mol. The van der Waals surface area contributed by atoms with Gasteiger partial charge in [-0.25, -0.2) is 0 Å². The Hall–Kier alpha value is -1.30. The van der Waals surface area contributed by atoms with Crippen LogP contribution in [-0.4, -0.2) is 33.0 Å². The summed E-state index contributed by atoms with van der Waals surface area (Å²) in [6.45, 7) is 9.10. The second-order valence-electron chi connectivity index (χ2n) is 3.92. The number of rotatable bonds is 8. The number of unbranched alkanes of at least 4 members (excludes halogenated alkanes) is 1. The minimum absolute atomic E-state index is 0.0410. The summed E-state index contributed by atoms with van der Waals surface area (Å²) in [7, 11) is 0. The maximum Gasteiger partial charge on any atom is 0.230 e. The minimum atomic E-state index is 0.0410. The number of hydrogen-bond acceptors (Lipinski definition) is 4. The topological polar surface area (TPSA) is 59.8 Å². The zero-order valence-electron chi connectivity index (χ0n) is 11.0. The molecule has 0 saturated carbocycles. The summed E-state index contributed by atoms with van der Waals surface area (Å²) in [5, 5.41) is 11.7. The molecule has 0 fully saturated rings. The summed E-state index contributed by atoms with van der Waals surface area (Å²) in [4.78, 5) is 11.6. The molecule has 1 amide bonds. The first kappa shape index (κ1) is 14.8. The van der Waals surface area contributed by atoms with E-state index in [9.17, 15) is 4.79 Å². The fourth-order valence-corrected chi connectivity index (χ4v) is 2.22. The third-order valence-corrected chi connectivity index (χ3v) is 3.37. The van der Waals surface area contributed by atoms with Crippen LogP contribution in [0.1, 0.15) is 25.6 Å². The van der Waals surface area contributed by atoms with Gasteiger partial charge in [0.1, 0.15) is 5.82 Å². The highest BCUT2D eigenvalue weighted by Crippen LogP contribution is 2.16. The van der Waals surface area contributed by atoms with E-state index in [1.54, 1.807) is 6.08 Å². The lowest BCUT2D eigenvalue weighted by molar-refractivity contribution is -0.118. The molecule has 6 heteroatoms. The van der Waals surface area contributed by atoms with Gasteiger partial charge in [0.25, 0.3) is 0 Å². The molecule has 18 heavy (non-hydrogen) atoms. The largest absolute Gasteiger partial charge is 0.355 e. The van der Waals surface area contributed by atoms with E-state index in [0.717, 1.165) is 30.4 Å². The number of nitrogens with one attached hydrogen (secondary N) is 1.